The molecule has 2 heterocycles. The van der Waals surface area contributed by atoms with Gasteiger partial charge in [-0.2, -0.15) is 4.39 Å². The zero-order valence-corrected chi connectivity index (χ0v) is 11.1. The molecule has 0 saturated carbocycles. The molecule has 0 unspecified atom stereocenters. The number of pyridine rings is 1. The van der Waals surface area contributed by atoms with Gasteiger partial charge in [-0.25, -0.2) is 9.99 Å². The van der Waals surface area contributed by atoms with Crippen LogP contribution < -0.4 is 5.01 Å². The van der Waals surface area contributed by atoms with Gasteiger partial charge in [0, 0.05) is 32.9 Å². The number of nitrogens with zero attached hydrogens (tertiary/aromatic N) is 3. The van der Waals surface area contributed by atoms with Gasteiger partial charge in [-0.1, -0.05) is 12.1 Å². The van der Waals surface area contributed by atoms with E-state index in [0.29, 0.717) is 0 Å². The zero-order chi connectivity index (χ0) is 13.4. The number of anilines is 1. The summed E-state index contributed by atoms with van der Waals surface area (Å²) in [6, 6.07) is 9.59. The molecule has 0 bridgehead atoms. The Labute approximate surface area is 112 Å². The number of hydrazine groups is 1. The summed E-state index contributed by atoms with van der Waals surface area (Å²) in [5.41, 5.74) is 4.39. The molecule has 1 aromatic heterocycles. The Morgan fingerprint density at radius 2 is 1.89 bits per heavy atom. The van der Waals surface area contributed by atoms with Gasteiger partial charge >= 0.3 is 0 Å². The fourth-order valence-corrected chi connectivity index (χ4v) is 2.45. The van der Waals surface area contributed by atoms with Crippen LogP contribution in [0.25, 0.3) is 11.1 Å². The normalized spacial score (nSPS) is 15.4. The summed E-state index contributed by atoms with van der Waals surface area (Å²) < 4.78 is 13.2. The Morgan fingerprint density at radius 3 is 2.68 bits per heavy atom. The first-order valence-corrected chi connectivity index (χ1v) is 6.35. The highest BCUT2D eigenvalue weighted by molar-refractivity contribution is 5.70. The van der Waals surface area contributed by atoms with E-state index in [-0.39, 0.29) is 0 Å². The van der Waals surface area contributed by atoms with Gasteiger partial charge in [0.15, 0.2) is 0 Å². The van der Waals surface area contributed by atoms with Crippen molar-refractivity contribution in [1.29, 1.82) is 0 Å². The summed E-state index contributed by atoms with van der Waals surface area (Å²) in [6.45, 7) is 1.02. The first kappa shape index (κ1) is 12.1. The standard InChI is InChI=1S/C15H16FN3/c1-18-8-6-11-3-4-12(9-14(11)19(18)2)13-5-7-17-15(16)10-13/h3-5,7,9-10H,6,8H2,1-2H3. The molecule has 2 aromatic rings. The minimum absolute atomic E-state index is 0.444. The van der Waals surface area contributed by atoms with Gasteiger partial charge in [0.1, 0.15) is 0 Å². The van der Waals surface area contributed by atoms with Crippen LogP contribution in [-0.4, -0.2) is 30.6 Å². The molecule has 3 nitrogen and oxygen atoms in total. The summed E-state index contributed by atoms with van der Waals surface area (Å²) in [6.07, 6.45) is 2.54. The second-order valence-electron chi connectivity index (χ2n) is 4.87. The van der Waals surface area contributed by atoms with Crippen molar-refractivity contribution in [2.75, 3.05) is 25.6 Å². The molecular formula is C15H16FN3. The van der Waals surface area contributed by atoms with Crippen LogP contribution in [0.4, 0.5) is 10.1 Å². The summed E-state index contributed by atoms with van der Waals surface area (Å²) in [4.78, 5) is 3.59. The second-order valence-corrected chi connectivity index (χ2v) is 4.87. The second kappa shape index (κ2) is 4.63. The summed E-state index contributed by atoms with van der Waals surface area (Å²) >= 11 is 0. The summed E-state index contributed by atoms with van der Waals surface area (Å²) in [7, 11) is 4.12. The average Bonchev–Trinajstić information content (AvgIpc) is 2.43. The van der Waals surface area contributed by atoms with Crippen LogP contribution in [0, 0.1) is 5.95 Å². The number of hydrogen-bond donors (Lipinski definition) is 0. The van der Waals surface area contributed by atoms with E-state index in [2.05, 4.69) is 41.2 Å². The molecule has 0 fully saturated rings. The number of fused-ring (bicyclic) bond motifs is 1. The van der Waals surface area contributed by atoms with E-state index in [1.807, 2.05) is 12.1 Å². The number of hydrogen-bond acceptors (Lipinski definition) is 3. The molecule has 3 rings (SSSR count). The van der Waals surface area contributed by atoms with Gasteiger partial charge in [-0.05, 0) is 35.2 Å². The van der Waals surface area contributed by atoms with Crippen molar-refractivity contribution in [3.63, 3.8) is 0 Å². The number of halogens is 1. The van der Waals surface area contributed by atoms with Crippen molar-refractivity contribution in [2.24, 2.45) is 0 Å². The third kappa shape index (κ3) is 2.19. The highest BCUT2D eigenvalue weighted by atomic mass is 19.1. The van der Waals surface area contributed by atoms with Crippen LogP contribution in [0.15, 0.2) is 36.5 Å². The zero-order valence-electron chi connectivity index (χ0n) is 11.1. The maximum Gasteiger partial charge on any atom is 0.213 e. The number of aromatic nitrogens is 1. The smallest absolute Gasteiger partial charge is 0.213 e. The van der Waals surface area contributed by atoms with E-state index in [1.165, 1.54) is 23.5 Å². The highest BCUT2D eigenvalue weighted by Gasteiger charge is 2.18. The first-order valence-electron chi connectivity index (χ1n) is 6.35. The molecule has 1 aliphatic rings. The molecule has 1 aliphatic heterocycles. The lowest BCUT2D eigenvalue weighted by Gasteiger charge is -2.36. The van der Waals surface area contributed by atoms with Crippen molar-refractivity contribution < 1.29 is 4.39 Å². The van der Waals surface area contributed by atoms with Crippen molar-refractivity contribution in [1.82, 2.24) is 9.99 Å². The fraction of sp³-hybridized carbons (Fsp3) is 0.267. The fourth-order valence-electron chi connectivity index (χ4n) is 2.45. The summed E-state index contributed by atoms with van der Waals surface area (Å²) in [5, 5.41) is 4.32. The van der Waals surface area contributed by atoms with E-state index in [4.69, 9.17) is 0 Å². The molecule has 0 amide bonds. The number of rotatable bonds is 1. The largest absolute Gasteiger partial charge is 0.309 e. The Morgan fingerprint density at radius 1 is 1.11 bits per heavy atom. The van der Waals surface area contributed by atoms with E-state index in [0.717, 1.165) is 24.1 Å². The van der Waals surface area contributed by atoms with Gasteiger partial charge in [0.25, 0.3) is 0 Å². The highest BCUT2D eigenvalue weighted by Crippen LogP contribution is 2.31. The maximum absolute atomic E-state index is 13.2. The molecule has 4 heteroatoms. The molecular weight excluding hydrogens is 241 g/mol. The van der Waals surface area contributed by atoms with Gasteiger partial charge in [-0.3, -0.25) is 0 Å². The predicted octanol–water partition coefficient (Wildman–Crippen LogP) is 2.73. The van der Waals surface area contributed by atoms with Crippen molar-refractivity contribution >= 4 is 5.69 Å². The average molecular weight is 257 g/mol. The minimum atomic E-state index is -0.444. The Hall–Kier alpha value is -1.94. The lowest BCUT2D eigenvalue weighted by atomic mass is 10.0. The van der Waals surface area contributed by atoms with E-state index >= 15 is 0 Å². The van der Waals surface area contributed by atoms with Crippen LogP contribution in [0.1, 0.15) is 5.56 Å². The Kier molecular flexibility index (Phi) is 2.95. The van der Waals surface area contributed by atoms with Crippen molar-refractivity contribution in [2.45, 2.75) is 6.42 Å². The monoisotopic (exact) mass is 257 g/mol. The number of benzene rings is 1. The number of likely N-dealkylation sites (N-methyl/N-ethyl adjacent to an activating group) is 1. The summed E-state index contributed by atoms with van der Waals surface area (Å²) in [5.74, 6) is -0.444. The molecule has 0 saturated heterocycles. The lowest BCUT2D eigenvalue weighted by Crippen LogP contribution is -2.41. The van der Waals surface area contributed by atoms with Crippen LogP contribution in [0.2, 0.25) is 0 Å². The van der Waals surface area contributed by atoms with Crippen molar-refractivity contribution in [3.8, 4) is 11.1 Å². The molecule has 0 N–H and O–H groups in total. The molecule has 1 aromatic carbocycles. The predicted molar refractivity (Wildman–Crippen MR) is 74.4 cm³/mol. The molecule has 98 valence electrons. The van der Waals surface area contributed by atoms with Crippen LogP contribution in [-0.2, 0) is 6.42 Å². The molecule has 0 radical (unpaired) electrons. The topological polar surface area (TPSA) is 19.4 Å². The van der Waals surface area contributed by atoms with Gasteiger partial charge in [0.05, 0.1) is 5.69 Å². The van der Waals surface area contributed by atoms with Gasteiger partial charge in [-0.15, -0.1) is 0 Å². The van der Waals surface area contributed by atoms with E-state index < -0.39 is 5.95 Å². The van der Waals surface area contributed by atoms with Crippen LogP contribution >= 0.6 is 0 Å². The van der Waals surface area contributed by atoms with E-state index in [1.54, 1.807) is 0 Å². The molecule has 0 atom stereocenters. The lowest BCUT2D eigenvalue weighted by molar-refractivity contribution is 0.314. The van der Waals surface area contributed by atoms with Crippen molar-refractivity contribution in [3.05, 3.63) is 48.0 Å². The van der Waals surface area contributed by atoms with Crippen LogP contribution in [0.5, 0.6) is 0 Å². The quantitative estimate of drug-likeness (QED) is 0.732. The molecule has 0 aliphatic carbocycles. The molecule has 19 heavy (non-hydrogen) atoms. The SMILES string of the molecule is CN1CCc2ccc(-c3ccnc(F)c3)cc2N1C. The maximum atomic E-state index is 13.2. The van der Waals surface area contributed by atoms with Crippen LogP contribution in [0.3, 0.4) is 0 Å². The van der Waals surface area contributed by atoms with E-state index in [9.17, 15) is 4.39 Å². The Balaban J connectivity index is 2.06. The Bertz CT molecular complexity index is 612. The van der Waals surface area contributed by atoms with Gasteiger partial charge < -0.3 is 5.01 Å². The molecule has 0 spiro atoms. The first-order chi connectivity index (χ1) is 9.15. The third-order valence-electron chi connectivity index (χ3n) is 3.71. The van der Waals surface area contributed by atoms with Gasteiger partial charge in [0.2, 0.25) is 5.95 Å². The minimum Gasteiger partial charge on any atom is -0.309 e. The third-order valence-corrected chi connectivity index (χ3v) is 3.71.